The summed E-state index contributed by atoms with van der Waals surface area (Å²) < 4.78 is 38.1. The Morgan fingerprint density at radius 1 is 1.10 bits per heavy atom. The van der Waals surface area contributed by atoms with Gasteiger partial charge in [0.25, 0.3) is 0 Å². The molecule has 0 saturated carbocycles. The van der Waals surface area contributed by atoms with E-state index in [9.17, 15) is 18.0 Å². The molecule has 20 heavy (non-hydrogen) atoms. The number of carbonyl (C=O) groups is 1. The number of nitrogens with zero attached hydrogens (tertiary/aromatic N) is 1. The molecule has 1 aromatic carbocycles. The summed E-state index contributed by atoms with van der Waals surface area (Å²) in [7, 11) is 0. The van der Waals surface area contributed by atoms with Gasteiger partial charge in [0.05, 0.1) is 15.7 Å². The van der Waals surface area contributed by atoms with E-state index < -0.39 is 11.9 Å². The van der Waals surface area contributed by atoms with Crippen molar-refractivity contribution in [1.29, 1.82) is 0 Å². The first-order chi connectivity index (χ1) is 9.34. The number of aldehydes is 1. The van der Waals surface area contributed by atoms with E-state index in [-0.39, 0.29) is 26.9 Å². The molecule has 0 bridgehead atoms. The van der Waals surface area contributed by atoms with Crippen LogP contribution >= 0.6 is 23.2 Å². The van der Waals surface area contributed by atoms with Gasteiger partial charge in [0, 0.05) is 11.1 Å². The fourth-order valence-electron chi connectivity index (χ4n) is 1.63. The highest BCUT2D eigenvalue weighted by Gasteiger charge is 2.33. The lowest BCUT2D eigenvalue weighted by molar-refractivity contribution is -0.141. The molecular weight excluding hydrogens is 314 g/mol. The smallest absolute Gasteiger partial charge is 0.298 e. The van der Waals surface area contributed by atoms with Crippen molar-refractivity contribution in [3.8, 4) is 11.3 Å². The van der Waals surface area contributed by atoms with E-state index in [0.717, 1.165) is 12.1 Å². The Bertz CT molecular complexity index is 671. The van der Waals surface area contributed by atoms with Gasteiger partial charge < -0.3 is 0 Å². The Balaban J connectivity index is 2.71. The highest BCUT2D eigenvalue weighted by Crippen LogP contribution is 2.36. The van der Waals surface area contributed by atoms with Crippen LogP contribution in [0.1, 0.15) is 16.1 Å². The van der Waals surface area contributed by atoms with Crippen molar-refractivity contribution < 1.29 is 18.0 Å². The summed E-state index contributed by atoms with van der Waals surface area (Å²) >= 11 is 11.8. The van der Waals surface area contributed by atoms with Gasteiger partial charge in [-0.05, 0) is 18.2 Å². The number of hydrogen-bond acceptors (Lipinski definition) is 2. The van der Waals surface area contributed by atoms with E-state index in [4.69, 9.17) is 23.2 Å². The number of pyridine rings is 1. The number of alkyl halides is 3. The number of benzene rings is 1. The molecule has 0 aliphatic carbocycles. The first-order valence-corrected chi connectivity index (χ1v) is 6.08. The molecule has 0 N–H and O–H groups in total. The molecular formula is C13H6Cl2F3NO. The van der Waals surface area contributed by atoms with Crippen LogP contribution in [0.4, 0.5) is 13.2 Å². The van der Waals surface area contributed by atoms with Crippen molar-refractivity contribution in [3.05, 3.63) is 51.6 Å². The minimum Gasteiger partial charge on any atom is -0.298 e. The molecule has 1 aromatic heterocycles. The van der Waals surface area contributed by atoms with Gasteiger partial charge >= 0.3 is 6.18 Å². The van der Waals surface area contributed by atoms with Crippen molar-refractivity contribution in [1.82, 2.24) is 4.98 Å². The molecule has 0 aliphatic rings. The van der Waals surface area contributed by atoms with Crippen LogP contribution in [0.2, 0.25) is 10.0 Å². The van der Waals surface area contributed by atoms with Crippen LogP contribution in [-0.2, 0) is 6.18 Å². The van der Waals surface area contributed by atoms with Gasteiger partial charge in [-0.25, -0.2) is 4.98 Å². The van der Waals surface area contributed by atoms with Crippen LogP contribution in [-0.4, -0.2) is 11.3 Å². The van der Waals surface area contributed by atoms with Gasteiger partial charge in [0.1, 0.15) is 5.69 Å². The van der Waals surface area contributed by atoms with Crippen LogP contribution in [0.25, 0.3) is 11.3 Å². The average Bonchev–Trinajstić information content (AvgIpc) is 2.40. The zero-order valence-electron chi connectivity index (χ0n) is 9.71. The van der Waals surface area contributed by atoms with E-state index in [2.05, 4.69) is 4.98 Å². The highest BCUT2D eigenvalue weighted by molar-refractivity contribution is 6.43. The van der Waals surface area contributed by atoms with Crippen LogP contribution in [0.3, 0.4) is 0 Å². The van der Waals surface area contributed by atoms with Crippen molar-refractivity contribution in [2.24, 2.45) is 0 Å². The molecule has 0 saturated heterocycles. The van der Waals surface area contributed by atoms with Gasteiger partial charge in [-0.15, -0.1) is 0 Å². The van der Waals surface area contributed by atoms with Crippen LogP contribution < -0.4 is 0 Å². The normalized spacial score (nSPS) is 11.4. The molecule has 0 fully saturated rings. The predicted molar refractivity (Wildman–Crippen MR) is 70.1 cm³/mol. The maximum Gasteiger partial charge on any atom is 0.433 e. The number of hydrogen-bond donors (Lipinski definition) is 0. The Kier molecular flexibility index (Phi) is 4.01. The first-order valence-electron chi connectivity index (χ1n) is 5.32. The largest absolute Gasteiger partial charge is 0.433 e. The first kappa shape index (κ1) is 14.8. The Morgan fingerprint density at radius 2 is 1.80 bits per heavy atom. The summed E-state index contributed by atoms with van der Waals surface area (Å²) in [5, 5.41) is 0.212. The van der Waals surface area contributed by atoms with Crippen LogP contribution in [0.5, 0.6) is 0 Å². The van der Waals surface area contributed by atoms with Crippen molar-refractivity contribution in [2.45, 2.75) is 6.18 Å². The fourth-order valence-corrected chi connectivity index (χ4v) is 2.02. The zero-order valence-corrected chi connectivity index (χ0v) is 11.2. The molecule has 2 aromatic rings. The van der Waals surface area contributed by atoms with E-state index in [1.165, 1.54) is 18.2 Å². The minimum absolute atomic E-state index is 0.00201. The van der Waals surface area contributed by atoms with Gasteiger partial charge in [0.15, 0.2) is 6.29 Å². The molecule has 0 unspecified atom stereocenters. The van der Waals surface area contributed by atoms with E-state index in [1.54, 1.807) is 0 Å². The molecule has 104 valence electrons. The zero-order chi connectivity index (χ0) is 14.9. The maximum atomic E-state index is 12.7. The van der Waals surface area contributed by atoms with Gasteiger partial charge in [-0.1, -0.05) is 35.3 Å². The lowest BCUT2D eigenvalue weighted by Crippen LogP contribution is -2.09. The summed E-state index contributed by atoms with van der Waals surface area (Å²) in [5.41, 5.74) is -1.08. The Hall–Kier alpha value is -1.59. The molecule has 0 spiro atoms. The molecule has 2 rings (SSSR count). The van der Waals surface area contributed by atoms with E-state index in [0.29, 0.717) is 6.29 Å². The van der Waals surface area contributed by atoms with Crippen LogP contribution in [0.15, 0.2) is 30.3 Å². The van der Waals surface area contributed by atoms with Gasteiger partial charge in [0.2, 0.25) is 0 Å². The van der Waals surface area contributed by atoms with E-state index >= 15 is 0 Å². The van der Waals surface area contributed by atoms with E-state index in [1.807, 2.05) is 0 Å². The van der Waals surface area contributed by atoms with Crippen LogP contribution in [0, 0.1) is 0 Å². The Labute approximate surface area is 122 Å². The summed E-state index contributed by atoms with van der Waals surface area (Å²) in [6.07, 6.45) is -4.19. The minimum atomic E-state index is -4.61. The quantitative estimate of drug-likeness (QED) is 0.738. The van der Waals surface area contributed by atoms with Crippen molar-refractivity contribution in [2.75, 3.05) is 0 Å². The second kappa shape index (κ2) is 5.42. The topological polar surface area (TPSA) is 30.0 Å². The Morgan fingerprint density at radius 3 is 2.40 bits per heavy atom. The fraction of sp³-hybridized carbons (Fsp3) is 0.0769. The van der Waals surface area contributed by atoms with Crippen molar-refractivity contribution >= 4 is 29.5 Å². The monoisotopic (exact) mass is 319 g/mol. The third-order valence-electron chi connectivity index (χ3n) is 2.55. The predicted octanol–water partition coefficient (Wildman–Crippen LogP) is 4.89. The molecule has 0 radical (unpaired) electrons. The maximum absolute atomic E-state index is 12.7. The number of aromatic nitrogens is 1. The lowest BCUT2D eigenvalue weighted by atomic mass is 10.1. The molecule has 7 heteroatoms. The average molecular weight is 320 g/mol. The molecule has 1 heterocycles. The summed E-state index contributed by atoms with van der Waals surface area (Å²) in [4.78, 5) is 14.4. The highest BCUT2D eigenvalue weighted by atomic mass is 35.5. The van der Waals surface area contributed by atoms with Gasteiger partial charge in [-0.2, -0.15) is 13.2 Å². The molecule has 0 atom stereocenters. The molecule has 0 aliphatic heterocycles. The summed E-state index contributed by atoms with van der Waals surface area (Å²) in [5.74, 6) is 0. The number of rotatable bonds is 2. The second-order valence-electron chi connectivity index (χ2n) is 3.85. The second-order valence-corrected chi connectivity index (χ2v) is 4.64. The standard InChI is InChI=1S/C13H6Cl2F3NO/c14-9-3-1-2-8(11(9)15)12-7(6-20)4-5-10(19-12)13(16,17)18/h1-6H. The third-order valence-corrected chi connectivity index (χ3v) is 3.37. The van der Waals surface area contributed by atoms with Crippen molar-refractivity contribution in [3.63, 3.8) is 0 Å². The lowest BCUT2D eigenvalue weighted by Gasteiger charge is -2.11. The molecule has 0 amide bonds. The third kappa shape index (κ3) is 2.78. The molecule has 2 nitrogen and oxygen atoms in total. The summed E-state index contributed by atoms with van der Waals surface area (Å²) in [6.45, 7) is 0. The number of carbonyl (C=O) groups excluding carboxylic acids is 1. The SMILES string of the molecule is O=Cc1ccc(C(F)(F)F)nc1-c1cccc(Cl)c1Cl. The van der Waals surface area contributed by atoms with Gasteiger partial charge in [-0.3, -0.25) is 4.79 Å². The number of halogens is 5. The summed E-state index contributed by atoms with van der Waals surface area (Å²) in [6, 6.07) is 6.24.